The summed E-state index contributed by atoms with van der Waals surface area (Å²) in [5.41, 5.74) is 0. The Morgan fingerprint density at radius 2 is 1.72 bits per heavy atom. The van der Waals surface area contributed by atoms with Gasteiger partial charge in [-0.2, -0.15) is 0 Å². The van der Waals surface area contributed by atoms with Crippen LogP contribution in [0.15, 0.2) is 30.3 Å². The third-order valence-electron chi connectivity index (χ3n) is 3.02. The molecule has 0 bridgehead atoms. The van der Waals surface area contributed by atoms with Crippen molar-refractivity contribution in [3.05, 3.63) is 30.3 Å². The van der Waals surface area contributed by atoms with E-state index in [1.54, 1.807) is 0 Å². The van der Waals surface area contributed by atoms with Crippen LogP contribution in [0.2, 0.25) is 0 Å². The third-order valence-corrected chi connectivity index (χ3v) is 3.02. The summed E-state index contributed by atoms with van der Waals surface area (Å²) < 4.78 is 5.70. The van der Waals surface area contributed by atoms with E-state index >= 15 is 0 Å². The van der Waals surface area contributed by atoms with E-state index in [-0.39, 0.29) is 11.9 Å². The Balaban J connectivity index is 2.58. The Morgan fingerprint density at radius 1 is 1.11 bits per heavy atom. The number of nitrogens with one attached hydrogen (secondary N) is 1. The highest BCUT2D eigenvalue weighted by Gasteiger charge is 2.20. The second-order valence-corrected chi connectivity index (χ2v) is 4.35. The normalized spacial score (nSPS) is 12.2. The predicted octanol–water partition coefficient (Wildman–Crippen LogP) is 3.15. The van der Waals surface area contributed by atoms with Crippen LogP contribution in [0.25, 0.3) is 0 Å². The summed E-state index contributed by atoms with van der Waals surface area (Å²) >= 11 is 0. The van der Waals surface area contributed by atoms with Gasteiger partial charge < -0.3 is 10.1 Å². The van der Waals surface area contributed by atoms with Gasteiger partial charge in [-0.25, -0.2) is 0 Å². The number of para-hydroxylation sites is 1. The fraction of sp³-hybridized carbons (Fsp3) is 0.533. The smallest absolute Gasteiger partial charge is 0.261 e. The van der Waals surface area contributed by atoms with Gasteiger partial charge in [0.2, 0.25) is 0 Å². The van der Waals surface area contributed by atoms with Gasteiger partial charge in [-0.15, -0.1) is 0 Å². The van der Waals surface area contributed by atoms with Crippen LogP contribution in [0.4, 0.5) is 0 Å². The molecule has 0 fully saturated rings. The molecule has 1 aromatic rings. The minimum Gasteiger partial charge on any atom is -0.481 e. The van der Waals surface area contributed by atoms with Crippen molar-refractivity contribution in [3.8, 4) is 5.75 Å². The van der Waals surface area contributed by atoms with Crippen LogP contribution in [-0.4, -0.2) is 18.1 Å². The van der Waals surface area contributed by atoms with Crippen molar-refractivity contribution in [1.82, 2.24) is 5.32 Å². The van der Waals surface area contributed by atoms with Crippen molar-refractivity contribution >= 4 is 5.91 Å². The standard InChI is InChI=1S/C15H23NO2/c1-4-12(5-2)16-15(17)14(6-3)18-13-10-8-7-9-11-13/h7-12,14H,4-6H2,1-3H3,(H,16,17)/t14-/m1/s1. The molecule has 1 N–H and O–H groups in total. The van der Waals surface area contributed by atoms with Gasteiger partial charge in [-0.1, -0.05) is 39.0 Å². The van der Waals surface area contributed by atoms with Gasteiger partial charge in [0.15, 0.2) is 6.10 Å². The van der Waals surface area contributed by atoms with E-state index in [0.29, 0.717) is 6.42 Å². The molecule has 1 amide bonds. The van der Waals surface area contributed by atoms with Gasteiger partial charge in [-0.05, 0) is 31.4 Å². The first-order chi connectivity index (χ1) is 8.71. The largest absolute Gasteiger partial charge is 0.481 e. The number of ether oxygens (including phenoxy) is 1. The molecule has 0 saturated carbocycles. The molecule has 1 rings (SSSR count). The Bertz CT molecular complexity index is 347. The van der Waals surface area contributed by atoms with Crippen molar-refractivity contribution in [2.45, 2.75) is 52.2 Å². The molecular weight excluding hydrogens is 226 g/mol. The highest BCUT2D eigenvalue weighted by Crippen LogP contribution is 2.13. The second kappa shape index (κ2) is 7.75. The zero-order chi connectivity index (χ0) is 13.4. The summed E-state index contributed by atoms with van der Waals surface area (Å²) in [5, 5.41) is 3.02. The molecule has 0 aliphatic carbocycles. The molecule has 1 aromatic carbocycles. The van der Waals surface area contributed by atoms with Gasteiger partial charge in [0, 0.05) is 6.04 Å². The zero-order valence-electron chi connectivity index (χ0n) is 11.5. The fourth-order valence-corrected chi connectivity index (χ4v) is 1.77. The number of carbonyl (C=O) groups is 1. The number of amides is 1. The highest BCUT2D eigenvalue weighted by atomic mass is 16.5. The van der Waals surface area contributed by atoms with E-state index in [2.05, 4.69) is 19.2 Å². The SMILES string of the molecule is CCC(CC)NC(=O)[C@@H](CC)Oc1ccccc1. The topological polar surface area (TPSA) is 38.3 Å². The van der Waals surface area contributed by atoms with Crippen LogP contribution in [0, 0.1) is 0 Å². The van der Waals surface area contributed by atoms with E-state index in [1.165, 1.54) is 0 Å². The summed E-state index contributed by atoms with van der Waals surface area (Å²) in [5.74, 6) is 0.721. The zero-order valence-corrected chi connectivity index (χ0v) is 11.5. The monoisotopic (exact) mass is 249 g/mol. The highest BCUT2D eigenvalue weighted by molar-refractivity contribution is 5.81. The molecule has 0 radical (unpaired) electrons. The van der Waals surface area contributed by atoms with E-state index in [0.717, 1.165) is 18.6 Å². The summed E-state index contributed by atoms with van der Waals surface area (Å²) in [7, 11) is 0. The van der Waals surface area contributed by atoms with Crippen LogP contribution in [-0.2, 0) is 4.79 Å². The molecule has 0 saturated heterocycles. The van der Waals surface area contributed by atoms with Crippen molar-refractivity contribution in [2.75, 3.05) is 0 Å². The first kappa shape index (κ1) is 14.6. The number of rotatable bonds is 7. The first-order valence-corrected chi connectivity index (χ1v) is 6.73. The molecular formula is C15H23NO2. The number of hydrogen-bond acceptors (Lipinski definition) is 2. The van der Waals surface area contributed by atoms with E-state index in [4.69, 9.17) is 4.74 Å². The molecule has 0 aliphatic heterocycles. The van der Waals surface area contributed by atoms with Gasteiger partial charge in [0.1, 0.15) is 5.75 Å². The van der Waals surface area contributed by atoms with Crippen LogP contribution in [0.1, 0.15) is 40.0 Å². The molecule has 18 heavy (non-hydrogen) atoms. The summed E-state index contributed by atoms with van der Waals surface area (Å²) in [6.07, 6.45) is 2.16. The molecule has 100 valence electrons. The van der Waals surface area contributed by atoms with Gasteiger partial charge >= 0.3 is 0 Å². The van der Waals surface area contributed by atoms with Crippen LogP contribution in [0.3, 0.4) is 0 Å². The van der Waals surface area contributed by atoms with Crippen molar-refractivity contribution in [1.29, 1.82) is 0 Å². The Labute approximate surface area is 110 Å². The second-order valence-electron chi connectivity index (χ2n) is 4.35. The van der Waals surface area contributed by atoms with Crippen LogP contribution in [0.5, 0.6) is 5.75 Å². The lowest BCUT2D eigenvalue weighted by Crippen LogP contribution is -2.43. The molecule has 0 aliphatic rings. The van der Waals surface area contributed by atoms with Crippen molar-refractivity contribution in [2.24, 2.45) is 0 Å². The Kier molecular flexibility index (Phi) is 6.26. The fourth-order valence-electron chi connectivity index (χ4n) is 1.77. The summed E-state index contributed by atoms with van der Waals surface area (Å²) in [6, 6.07) is 9.71. The minimum atomic E-state index is -0.409. The van der Waals surface area contributed by atoms with Crippen molar-refractivity contribution < 1.29 is 9.53 Å². The van der Waals surface area contributed by atoms with E-state index in [9.17, 15) is 4.79 Å². The first-order valence-electron chi connectivity index (χ1n) is 6.73. The number of hydrogen-bond donors (Lipinski definition) is 1. The van der Waals surface area contributed by atoms with Crippen molar-refractivity contribution in [3.63, 3.8) is 0 Å². The summed E-state index contributed by atoms with van der Waals surface area (Å²) in [4.78, 5) is 12.1. The molecule has 3 heteroatoms. The quantitative estimate of drug-likeness (QED) is 0.806. The average Bonchev–Trinajstić information content (AvgIpc) is 2.43. The van der Waals surface area contributed by atoms with Crippen LogP contribution >= 0.6 is 0 Å². The maximum atomic E-state index is 12.1. The molecule has 0 heterocycles. The van der Waals surface area contributed by atoms with Crippen LogP contribution < -0.4 is 10.1 Å². The number of benzene rings is 1. The lowest BCUT2D eigenvalue weighted by atomic mass is 10.1. The Hall–Kier alpha value is -1.51. The molecule has 0 spiro atoms. The molecule has 0 unspecified atom stereocenters. The maximum Gasteiger partial charge on any atom is 0.261 e. The predicted molar refractivity (Wildman–Crippen MR) is 73.7 cm³/mol. The lowest BCUT2D eigenvalue weighted by Gasteiger charge is -2.21. The van der Waals surface area contributed by atoms with Gasteiger partial charge in [0.25, 0.3) is 5.91 Å². The maximum absolute atomic E-state index is 12.1. The summed E-state index contributed by atoms with van der Waals surface area (Å²) in [6.45, 7) is 6.11. The van der Waals surface area contributed by atoms with Gasteiger partial charge in [-0.3, -0.25) is 4.79 Å². The molecule has 3 nitrogen and oxygen atoms in total. The average molecular weight is 249 g/mol. The van der Waals surface area contributed by atoms with Gasteiger partial charge in [0.05, 0.1) is 0 Å². The molecule has 0 aromatic heterocycles. The third kappa shape index (κ3) is 4.40. The Morgan fingerprint density at radius 3 is 2.22 bits per heavy atom. The number of carbonyl (C=O) groups excluding carboxylic acids is 1. The minimum absolute atomic E-state index is 0.0185. The lowest BCUT2D eigenvalue weighted by molar-refractivity contribution is -0.128. The van der Waals surface area contributed by atoms with E-state index < -0.39 is 6.10 Å². The molecule has 1 atom stereocenters. The van der Waals surface area contributed by atoms with E-state index in [1.807, 2.05) is 37.3 Å².